The summed E-state index contributed by atoms with van der Waals surface area (Å²) >= 11 is 0. The Labute approximate surface area is 254 Å². The normalized spacial score (nSPS) is 29.5. The lowest BCUT2D eigenvalue weighted by molar-refractivity contribution is 0.0832. The first-order valence-electron chi connectivity index (χ1n) is 16.1. The minimum atomic E-state index is -0.680. The second-order valence-corrected chi connectivity index (χ2v) is 13.7. The Morgan fingerprint density at radius 2 is 1.91 bits per heavy atom. The molecule has 1 saturated carbocycles. The standard InChI is InChI=1S/C34H36F2N6O2/c35-26-6-1-4-19-12-23(43)13-24(28(19)26)30-29(36)31-25(15-37-30)32(41-16-21-8-9-22(17-41)38-21)40-33(39-31)44-18-34-10-3-11-42(34)27-7-2-5-20(27)14-34/h1,4,6,12-13,15,20-22,27,38,43H,2-3,5,7-11,14,16-18H2/t20-,21?,22?,27-,34-/m1/s1. The third-order valence-electron chi connectivity index (χ3n) is 11.1. The summed E-state index contributed by atoms with van der Waals surface area (Å²) in [6, 6.07) is 8.93. The molecule has 0 spiro atoms. The van der Waals surface area contributed by atoms with Crippen molar-refractivity contribution in [3.63, 3.8) is 0 Å². The summed E-state index contributed by atoms with van der Waals surface area (Å²) in [5, 5.41) is 15.3. The predicted octanol–water partition coefficient (Wildman–Crippen LogP) is 5.56. The maximum absolute atomic E-state index is 16.7. The van der Waals surface area contributed by atoms with Crippen molar-refractivity contribution >= 4 is 27.5 Å². The van der Waals surface area contributed by atoms with Gasteiger partial charge in [-0.1, -0.05) is 18.6 Å². The van der Waals surface area contributed by atoms with Crippen LogP contribution < -0.4 is 15.0 Å². The van der Waals surface area contributed by atoms with Crippen LogP contribution in [0.15, 0.2) is 36.5 Å². The van der Waals surface area contributed by atoms with Crippen LogP contribution in [0.1, 0.15) is 51.4 Å². The van der Waals surface area contributed by atoms with Gasteiger partial charge in [0.25, 0.3) is 0 Å². The fourth-order valence-electron chi connectivity index (χ4n) is 9.30. The summed E-state index contributed by atoms with van der Waals surface area (Å²) in [5.41, 5.74) is 0.197. The zero-order valence-corrected chi connectivity index (χ0v) is 24.6. The molecular formula is C34H36F2N6O2. The van der Waals surface area contributed by atoms with Gasteiger partial charge in [0.1, 0.15) is 35.2 Å². The first-order chi connectivity index (χ1) is 21.5. The van der Waals surface area contributed by atoms with Crippen molar-refractivity contribution in [3.8, 4) is 23.0 Å². The van der Waals surface area contributed by atoms with E-state index in [0.29, 0.717) is 41.3 Å². The molecule has 6 heterocycles. The quantitative estimate of drug-likeness (QED) is 0.309. The van der Waals surface area contributed by atoms with E-state index in [0.717, 1.165) is 57.7 Å². The molecule has 2 bridgehead atoms. The second-order valence-electron chi connectivity index (χ2n) is 13.7. The van der Waals surface area contributed by atoms with Crippen molar-refractivity contribution in [1.29, 1.82) is 0 Å². The molecule has 44 heavy (non-hydrogen) atoms. The number of aromatic hydroxyl groups is 1. The van der Waals surface area contributed by atoms with E-state index in [9.17, 15) is 5.11 Å². The monoisotopic (exact) mass is 598 g/mol. The van der Waals surface area contributed by atoms with Crippen LogP contribution in [-0.2, 0) is 0 Å². The topological polar surface area (TPSA) is 86.6 Å². The van der Waals surface area contributed by atoms with Crippen molar-refractivity contribution in [2.75, 3.05) is 31.1 Å². The average Bonchev–Trinajstić information content (AvgIpc) is 3.77. The van der Waals surface area contributed by atoms with Crippen LogP contribution in [0.4, 0.5) is 14.6 Å². The minimum Gasteiger partial charge on any atom is -0.508 e. The smallest absolute Gasteiger partial charge is 0.319 e. The van der Waals surface area contributed by atoms with Gasteiger partial charge in [-0.2, -0.15) is 9.97 Å². The van der Waals surface area contributed by atoms with Crippen LogP contribution in [0, 0.1) is 17.6 Å². The van der Waals surface area contributed by atoms with Gasteiger partial charge in [0.2, 0.25) is 0 Å². The van der Waals surface area contributed by atoms with Crippen LogP contribution in [0.5, 0.6) is 11.8 Å². The van der Waals surface area contributed by atoms with Crippen LogP contribution in [0.3, 0.4) is 0 Å². The Hall–Kier alpha value is -3.63. The first-order valence-corrected chi connectivity index (χ1v) is 16.1. The molecule has 9 rings (SSSR count). The lowest BCUT2D eigenvalue weighted by atomic mass is 9.90. The van der Waals surface area contributed by atoms with Gasteiger partial charge in [0, 0.05) is 48.4 Å². The summed E-state index contributed by atoms with van der Waals surface area (Å²) in [4.78, 5) is 19.0. The Morgan fingerprint density at radius 3 is 2.77 bits per heavy atom. The number of nitrogens with zero attached hydrogens (tertiary/aromatic N) is 5. The molecule has 0 amide bonds. The predicted molar refractivity (Wildman–Crippen MR) is 164 cm³/mol. The number of benzene rings is 2. The number of fused-ring (bicyclic) bond motifs is 7. The number of aromatic nitrogens is 3. The number of phenolic OH excluding ortho intramolecular Hbond substituents is 1. The Kier molecular flexibility index (Phi) is 6.04. The second kappa shape index (κ2) is 9.94. The molecular weight excluding hydrogens is 562 g/mol. The third-order valence-corrected chi connectivity index (χ3v) is 11.1. The molecule has 2 N–H and O–H groups in total. The first kappa shape index (κ1) is 26.7. The molecule has 2 unspecified atom stereocenters. The molecule has 10 heteroatoms. The fourth-order valence-corrected chi connectivity index (χ4v) is 9.30. The van der Waals surface area contributed by atoms with E-state index in [1.807, 2.05) is 0 Å². The number of ether oxygens (including phenoxy) is 1. The van der Waals surface area contributed by atoms with Gasteiger partial charge < -0.3 is 20.1 Å². The molecule has 2 aromatic heterocycles. The highest BCUT2D eigenvalue weighted by atomic mass is 19.1. The van der Waals surface area contributed by atoms with Gasteiger partial charge in [-0.25, -0.2) is 8.78 Å². The van der Waals surface area contributed by atoms with Crippen LogP contribution in [-0.4, -0.2) is 74.9 Å². The lowest BCUT2D eigenvalue weighted by Gasteiger charge is -2.35. The molecule has 5 fully saturated rings. The number of hydrogen-bond donors (Lipinski definition) is 2. The van der Waals surface area contributed by atoms with E-state index < -0.39 is 11.6 Å². The lowest BCUT2D eigenvalue weighted by Crippen LogP contribution is -2.51. The van der Waals surface area contributed by atoms with Crippen molar-refractivity contribution in [2.45, 2.75) is 75.0 Å². The van der Waals surface area contributed by atoms with E-state index >= 15 is 8.78 Å². The number of halogens is 2. The molecule has 5 atom stereocenters. The van der Waals surface area contributed by atoms with E-state index in [4.69, 9.17) is 9.72 Å². The van der Waals surface area contributed by atoms with Gasteiger partial charge in [-0.15, -0.1) is 0 Å². The van der Waals surface area contributed by atoms with E-state index in [1.165, 1.54) is 37.5 Å². The minimum absolute atomic E-state index is 0.0116. The Morgan fingerprint density at radius 1 is 1.05 bits per heavy atom. The molecule has 8 nitrogen and oxygen atoms in total. The Balaban J connectivity index is 1.16. The van der Waals surface area contributed by atoms with Crippen molar-refractivity contribution in [3.05, 3.63) is 48.2 Å². The highest BCUT2D eigenvalue weighted by Crippen LogP contribution is 2.51. The van der Waals surface area contributed by atoms with E-state index in [-0.39, 0.29) is 39.5 Å². The molecule has 1 aliphatic carbocycles. The highest BCUT2D eigenvalue weighted by Gasteiger charge is 2.55. The van der Waals surface area contributed by atoms with Gasteiger partial charge >= 0.3 is 6.01 Å². The summed E-state index contributed by atoms with van der Waals surface area (Å²) in [7, 11) is 0. The molecule has 4 aliphatic heterocycles. The molecule has 4 aromatic rings. The van der Waals surface area contributed by atoms with Gasteiger partial charge in [-0.3, -0.25) is 9.88 Å². The molecule has 228 valence electrons. The molecule has 2 aromatic carbocycles. The van der Waals surface area contributed by atoms with Crippen LogP contribution in [0.25, 0.3) is 32.9 Å². The summed E-state index contributed by atoms with van der Waals surface area (Å²) < 4.78 is 38.3. The molecule has 5 aliphatic rings. The summed E-state index contributed by atoms with van der Waals surface area (Å²) in [6.07, 6.45) is 11.0. The maximum Gasteiger partial charge on any atom is 0.319 e. The van der Waals surface area contributed by atoms with Crippen molar-refractivity contribution < 1.29 is 18.6 Å². The number of piperazine rings is 1. The van der Waals surface area contributed by atoms with Crippen molar-refractivity contribution in [2.24, 2.45) is 5.92 Å². The number of nitrogens with one attached hydrogen (secondary N) is 1. The zero-order valence-electron chi connectivity index (χ0n) is 24.6. The number of rotatable bonds is 5. The summed E-state index contributed by atoms with van der Waals surface area (Å²) in [6.45, 7) is 3.11. The number of pyridine rings is 1. The van der Waals surface area contributed by atoms with Crippen LogP contribution >= 0.6 is 0 Å². The van der Waals surface area contributed by atoms with E-state index in [2.05, 4.69) is 25.1 Å². The fraction of sp³-hybridized carbons (Fsp3) is 0.500. The third kappa shape index (κ3) is 4.10. The van der Waals surface area contributed by atoms with Crippen molar-refractivity contribution in [1.82, 2.24) is 25.2 Å². The molecule has 0 radical (unpaired) electrons. The highest BCUT2D eigenvalue weighted by molar-refractivity contribution is 6.00. The van der Waals surface area contributed by atoms with Gasteiger partial charge in [-0.05, 0) is 81.0 Å². The summed E-state index contributed by atoms with van der Waals surface area (Å²) in [5.74, 6) is 0.0681. The zero-order chi connectivity index (χ0) is 29.6. The number of hydrogen-bond acceptors (Lipinski definition) is 8. The molecule has 4 saturated heterocycles. The van der Waals surface area contributed by atoms with Gasteiger partial charge in [0.15, 0.2) is 5.82 Å². The van der Waals surface area contributed by atoms with Gasteiger partial charge in [0.05, 0.1) is 10.9 Å². The maximum atomic E-state index is 16.7. The Bertz CT molecular complexity index is 1790. The largest absolute Gasteiger partial charge is 0.508 e. The van der Waals surface area contributed by atoms with Crippen LogP contribution in [0.2, 0.25) is 0 Å². The average molecular weight is 599 g/mol. The number of anilines is 1. The SMILES string of the molecule is Oc1cc(-c2ncc3c(N4CC5CCC(C4)N5)nc(OC[C@]45CCCN4[C@@H]4CCC[C@@H]4C5)nc3c2F)c2c(F)cccc2c1. The van der Waals surface area contributed by atoms with E-state index in [1.54, 1.807) is 18.3 Å². The number of phenols is 1.